The smallest absolute Gasteiger partial charge is 0.351 e. The summed E-state index contributed by atoms with van der Waals surface area (Å²) in [5.74, 6) is -0.738. The SMILES string of the molecule is COC(=O)c1cc2sc(C[C-]=O)cc2oc1=O.[B].[W]. The van der Waals surface area contributed by atoms with Gasteiger partial charge in [0.15, 0.2) is 0 Å². The Bertz CT molecular complexity index is 648. The van der Waals surface area contributed by atoms with Crippen molar-refractivity contribution in [2.45, 2.75) is 6.42 Å². The van der Waals surface area contributed by atoms with Crippen LogP contribution in [0, 0.1) is 0 Å². The average molecular weight is 446 g/mol. The van der Waals surface area contributed by atoms with Crippen molar-refractivity contribution in [3.63, 3.8) is 0 Å². The van der Waals surface area contributed by atoms with Crippen LogP contribution in [0.4, 0.5) is 0 Å². The predicted octanol–water partition coefficient (Wildman–Crippen LogP) is 0.910. The van der Waals surface area contributed by atoms with Gasteiger partial charge in [-0.3, -0.25) is 6.29 Å². The van der Waals surface area contributed by atoms with Crippen molar-refractivity contribution < 1.29 is 39.8 Å². The second-order valence-electron chi connectivity index (χ2n) is 3.20. The normalized spacial score (nSPS) is 9.32. The van der Waals surface area contributed by atoms with E-state index in [1.807, 2.05) is 0 Å². The molecule has 0 atom stereocenters. The summed E-state index contributed by atoms with van der Waals surface area (Å²) >= 11 is 1.27. The second kappa shape index (κ2) is 7.41. The molecule has 2 aromatic rings. The molecule has 5 nitrogen and oxygen atoms in total. The van der Waals surface area contributed by atoms with Crippen LogP contribution < -0.4 is 5.63 Å². The summed E-state index contributed by atoms with van der Waals surface area (Å²) in [5.41, 5.74) is -0.537. The van der Waals surface area contributed by atoms with E-state index < -0.39 is 11.6 Å². The molecule has 97 valence electrons. The minimum absolute atomic E-state index is 0. The molecule has 2 heterocycles. The van der Waals surface area contributed by atoms with E-state index in [9.17, 15) is 14.4 Å². The first kappa shape index (κ1) is 17.8. The first-order chi connectivity index (χ1) is 8.15. The molecule has 0 N–H and O–H groups in total. The molecule has 0 spiro atoms. The Morgan fingerprint density at radius 1 is 1.47 bits per heavy atom. The molecule has 0 saturated carbocycles. The predicted molar refractivity (Wildman–Crippen MR) is 66.9 cm³/mol. The van der Waals surface area contributed by atoms with Gasteiger partial charge >= 0.3 is 11.6 Å². The molecule has 3 radical (unpaired) electrons. The summed E-state index contributed by atoms with van der Waals surface area (Å²) in [6.07, 6.45) is 1.89. The molecular weight excluding hydrogens is 439 g/mol. The van der Waals surface area contributed by atoms with Crippen molar-refractivity contribution in [3.8, 4) is 0 Å². The van der Waals surface area contributed by atoms with Crippen LogP contribution in [0.25, 0.3) is 10.3 Å². The quantitative estimate of drug-likeness (QED) is 0.399. The Morgan fingerprint density at radius 2 is 2.16 bits per heavy atom. The summed E-state index contributed by atoms with van der Waals surface area (Å²) in [7, 11) is 1.19. The molecule has 0 aliphatic rings. The van der Waals surface area contributed by atoms with Crippen molar-refractivity contribution >= 4 is 42.3 Å². The van der Waals surface area contributed by atoms with E-state index in [4.69, 9.17) is 4.42 Å². The molecule has 0 amide bonds. The maximum absolute atomic E-state index is 11.5. The third-order valence-electron chi connectivity index (χ3n) is 2.13. The van der Waals surface area contributed by atoms with Crippen LogP contribution in [0.5, 0.6) is 0 Å². The van der Waals surface area contributed by atoms with Gasteiger partial charge in [0, 0.05) is 29.5 Å². The summed E-state index contributed by atoms with van der Waals surface area (Å²) < 4.78 is 10.1. The molecule has 2 rings (SSSR count). The number of hydrogen-bond acceptors (Lipinski definition) is 6. The van der Waals surface area contributed by atoms with Gasteiger partial charge in [-0.25, -0.2) is 9.59 Å². The van der Waals surface area contributed by atoms with E-state index >= 15 is 0 Å². The Balaban J connectivity index is 0.00000162. The van der Waals surface area contributed by atoms with Crippen LogP contribution in [-0.2, 0) is 37.0 Å². The van der Waals surface area contributed by atoms with Gasteiger partial charge in [0.25, 0.3) is 0 Å². The fourth-order valence-electron chi connectivity index (χ4n) is 1.37. The topological polar surface area (TPSA) is 73.6 Å². The first-order valence-corrected chi connectivity index (χ1v) is 5.47. The van der Waals surface area contributed by atoms with Gasteiger partial charge in [-0.15, -0.1) is 17.8 Å². The monoisotopic (exact) mass is 446 g/mol. The van der Waals surface area contributed by atoms with Crippen LogP contribution >= 0.6 is 11.3 Å². The van der Waals surface area contributed by atoms with E-state index in [1.165, 1.54) is 24.5 Å². The molecule has 0 unspecified atom stereocenters. The van der Waals surface area contributed by atoms with Crippen LogP contribution in [0.3, 0.4) is 0 Å². The average Bonchev–Trinajstić information content (AvgIpc) is 2.69. The molecule has 2 aromatic heterocycles. The molecule has 0 aliphatic carbocycles. The summed E-state index contributed by atoms with van der Waals surface area (Å²) in [6, 6.07) is 3.00. The molecule has 0 aromatic carbocycles. The van der Waals surface area contributed by atoms with Gasteiger partial charge in [-0.05, 0) is 17.0 Å². The molecule has 0 aliphatic heterocycles. The minimum Gasteiger partial charge on any atom is -0.541 e. The molecule has 19 heavy (non-hydrogen) atoms. The number of ether oxygens (including phenoxy) is 1. The number of carbonyl (C=O) groups excluding carboxylic acids is 2. The summed E-state index contributed by atoms with van der Waals surface area (Å²) in [6.45, 7) is 0. The molecule has 0 saturated heterocycles. The molecule has 8 heteroatoms. The second-order valence-corrected chi connectivity index (χ2v) is 4.37. The van der Waals surface area contributed by atoms with Crippen molar-refractivity contribution in [1.82, 2.24) is 0 Å². The van der Waals surface area contributed by atoms with E-state index in [0.29, 0.717) is 10.3 Å². The van der Waals surface area contributed by atoms with Gasteiger partial charge in [-0.1, -0.05) is 0 Å². The Kier molecular flexibility index (Phi) is 6.94. The summed E-state index contributed by atoms with van der Waals surface area (Å²) in [4.78, 5) is 33.7. The van der Waals surface area contributed by atoms with Gasteiger partial charge in [0.1, 0.15) is 11.1 Å². The maximum Gasteiger partial charge on any atom is 0.351 e. The zero-order valence-electron chi connectivity index (χ0n) is 9.80. The maximum atomic E-state index is 11.5. The molecular formula is C11H7BO5SW-. The molecule has 0 bridgehead atoms. The number of fused-ring (bicyclic) bond motifs is 1. The number of rotatable bonds is 3. The van der Waals surface area contributed by atoms with Crippen molar-refractivity contribution in [2.75, 3.05) is 7.11 Å². The number of esters is 1. The van der Waals surface area contributed by atoms with Gasteiger partial charge in [0.2, 0.25) is 0 Å². The Morgan fingerprint density at radius 3 is 2.74 bits per heavy atom. The largest absolute Gasteiger partial charge is 0.541 e. The zero-order chi connectivity index (χ0) is 12.4. The fourth-order valence-corrected chi connectivity index (χ4v) is 2.33. The van der Waals surface area contributed by atoms with Gasteiger partial charge in [0.05, 0.1) is 11.8 Å². The van der Waals surface area contributed by atoms with E-state index in [0.717, 1.165) is 4.88 Å². The van der Waals surface area contributed by atoms with Gasteiger partial charge < -0.3 is 13.9 Å². The number of methoxy groups -OCH3 is 1. The van der Waals surface area contributed by atoms with E-state index in [-0.39, 0.29) is 41.5 Å². The third kappa shape index (κ3) is 3.64. The number of carbonyl (C=O) groups is 1. The first-order valence-electron chi connectivity index (χ1n) is 4.65. The summed E-state index contributed by atoms with van der Waals surface area (Å²) in [5, 5.41) is 0. The van der Waals surface area contributed by atoms with Crippen molar-refractivity contribution in [2.24, 2.45) is 0 Å². The van der Waals surface area contributed by atoms with Crippen molar-refractivity contribution in [3.05, 3.63) is 33.0 Å². The van der Waals surface area contributed by atoms with E-state index in [1.54, 1.807) is 12.4 Å². The van der Waals surface area contributed by atoms with E-state index in [2.05, 4.69) is 4.74 Å². The van der Waals surface area contributed by atoms with Crippen LogP contribution in [-0.4, -0.2) is 27.8 Å². The Hall–Kier alpha value is -1.20. The van der Waals surface area contributed by atoms with Crippen LogP contribution in [0.1, 0.15) is 15.2 Å². The fraction of sp³-hybridized carbons (Fsp3) is 0.182. The minimum atomic E-state index is -0.746. The van der Waals surface area contributed by atoms with Gasteiger partial charge in [-0.2, -0.15) is 0 Å². The van der Waals surface area contributed by atoms with Crippen molar-refractivity contribution in [1.29, 1.82) is 0 Å². The standard InChI is InChI=1S/C11H7O5S.B.W/c1-15-10(13)7-5-9-8(16-11(7)14)4-6(17-9)2-3-12;;/h4-5H,2H2,1H3;;/q-1;;. The van der Waals surface area contributed by atoms with Crippen LogP contribution in [0.15, 0.2) is 21.3 Å². The Labute approximate surface area is 128 Å². The molecule has 0 fully saturated rings. The number of thiophene rings is 1. The van der Waals surface area contributed by atoms with Crippen LogP contribution in [0.2, 0.25) is 0 Å². The zero-order valence-corrected chi connectivity index (χ0v) is 13.5. The number of hydrogen-bond donors (Lipinski definition) is 0. The third-order valence-corrected chi connectivity index (χ3v) is 3.19.